The molecule has 146 valence electrons. The van der Waals surface area contributed by atoms with E-state index in [1.807, 2.05) is 28.9 Å². The molecule has 0 amide bonds. The van der Waals surface area contributed by atoms with Crippen LogP contribution in [0.5, 0.6) is 0 Å². The highest BCUT2D eigenvalue weighted by Gasteiger charge is 2.07. The van der Waals surface area contributed by atoms with Gasteiger partial charge in [-0.3, -0.25) is 4.98 Å². The Bertz CT molecular complexity index is 1460. The van der Waals surface area contributed by atoms with E-state index in [9.17, 15) is 0 Å². The molecule has 0 aliphatic heterocycles. The second kappa shape index (κ2) is 7.22. The Morgan fingerprint density at radius 1 is 0.516 bits per heavy atom. The summed E-state index contributed by atoms with van der Waals surface area (Å²) in [6.07, 6.45) is 3.92. The molecule has 3 aromatic heterocycles. The molecule has 3 heterocycles. The SMILES string of the molecule is c1ccc(-c2cccc(-c3ccc(-c4cc5cc6ccccc6cn5n4)cc3)c2)nc1. The van der Waals surface area contributed by atoms with Crippen molar-refractivity contribution in [1.29, 1.82) is 0 Å². The van der Waals surface area contributed by atoms with Gasteiger partial charge in [0.15, 0.2) is 0 Å². The fraction of sp³-hybridized carbons (Fsp3) is 0. The minimum Gasteiger partial charge on any atom is -0.256 e. The van der Waals surface area contributed by atoms with Gasteiger partial charge in [-0.25, -0.2) is 4.52 Å². The number of fused-ring (bicyclic) bond motifs is 2. The summed E-state index contributed by atoms with van der Waals surface area (Å²) < 4.78 is 1.96. The van der Waals surface area contributed by atoms with Crippen LogP contribution < -0.4 is 0 Å². The summed E-state index contributed by atoms with van der Waals surface area (Å²) in [5.74, 6) is 0. The van der Waals surface area contributed by atoms with Crippen molar-refractivity contribution < 1.29 is 0 Å². The van der Waals surface area contributed by atoms with E-state index in [0.29, 0.717) is 0 Å². The second-order valence-electron chi connectivity index (χ2n) is 7.67. The van der Waals surface area contributed by atoms with Crippen LogP contribution in [0.2, 0.25) is 0 Å². The summed E-state index contributed by atoms with van der Waals surface area (Å²) in [5.41, 5.74) is 7.64. The van der Waals surface area contributed by atoms with E-state index in [-0.39, 0.29) is 0 Å². The van der Waals surface area contributed by atoms with Gasteiger partial charge in [0.05, 0.1) is 16.9 Å². The molecule has 0 aliphatic rings. The maximum Gasteiger partial charge on any atom is 0.0933 e. The molecule has 0 spiro atoms. The topological polar surface area (TPSA) is 30.2 Å². The van der Waals surface area contributed by atoms with Gasteiger partial charge in [-0.2, -0.15) is 5.10 Å². The van der Waals surface area contributed by atoms with Crippen molar-refractivity contribution in [3.05, 3.63) is 116 Å². The summed E-state index contributed by atoms with van der Waals surface area (Å²) in [5, 5.41) is 7.21. The lowest BCUT2D eigenvalue weighted by atomic mass is 10.00. The molecule has 6 rings (SSSR count). The Morgan fingerprint density at radius 3 is 2.13 bits per heavy atom. The van der Waals surface area contributed by atoms with Crippen LogP contribution in [0.1, 0.15) is 0 Å². The molecule has 0 atom stereocenters. The normalized spacial score (nSPS) is 11.2. The van der Waals surface area contributed by atoms with Crippen LogP contribution in [0.3, 0.4) is 0 Å². The van der Waals surface area contributed by atoms with Crippen molar-refractivity contribution in [2.45, 2.75) is 0 Å². The largest absolute Gasteiger partial charge is 0.256 e. The molecule has 3 aromatic carbocycles. The van der Waals surface area contributed by atoms with E-state index >= 15 is 0 Å². The van der Waals surface area contributed by atoms with E-state index in [1.54, 1.807) is 0 Å². The predicted octanol–water partition coefficient (Wildman–Crippen LogP) is 6.88. The van der Waals surface area contributed by atoms with Crippen molar-refractivity contribution in [1.82, 2.24) is 14.6 Å². The molecule has 6 aromatic rings. The smallest absolute Gasteiger partial charge is 0.0933 e. The first kappa shape index (κ1) is 17.6. The molecule has 0 N–H and O–H groups in total. The molecular formula is C28H19N3. The van der Waals surface area contributed by atoms with Gasteiger partial charge < -0.3 is 0 Å². The number of rotatable bonds is 3. The van der Waals surface area contributed by atoms with Crippen molar-refractivity contribution in [2.24, 2.45) is 0 Å². The first-order chi connectivity index (χ1) is 15.3. The fourth-order valence-electron chi connectivity index (χ4n) is 4.04. The lowest BCUT2D eigenvalue weighted by molar-refractivity contribution is 0.974. The first-order valence-corrected chi connectivity index (χ1v) is 10.3. The summed E-state index contributed by atoms with van der Waals surface area (Å²) in [6, 6.07) is 35.8. The van der Waals surface area contributed by atoms with Crippen LogP contribution in [0, 0.1) is 0 Å². The summed E-state index contributed by atoms with van der Waals surface area (Å²) >= 11 is 0. The molecule has 31 heavy (non-hydrogen) atoms. The van der Waals surface area contributed by atoms with Gasteiger partial charge >= 0.3 is 0 Å². The van der Waals surface area contributed by atoms with Gasteiger partial charge in [0.25, 0.3) is 0 Å². The van der Waals surface area contributed by atoms with Gasteiger partial charge in [-0.1, -0.05) is 72.8 Å². The monoisotopic (exact) mass is 397 g/mol. The number of nitrogens with zero attached hydrogens (tertiary/aromatic N) is 3. The Kier molecular flexibility index (Phi) is 4.10. The first-order valence-electron chi connectivity index (χ1n) is 10.3. The van der Waals surface area contributed by atoms with Gasteiger partial charge in [-0.15, -0.1) is 0 Å². The molecule has 3 heteroatoms. The Balaban J connectivity index is 1.35. The maximum atomic E-state index is 4.80. The van der Waals surface area contributed by atoms with Gasteiger partial charge in [0.1, 0.15) is 0 Å². The molecule has 0 aliphatic carbocycles. The molecule has 0 radical (unpaired) electrons. The summed E-state index contributed by atoms with van der Waals surface area (Å²) in [7, 11) is 0. The lowest BCUT2D eigenvalue weighted by Gasteiger charge is -2.06. The highest BCUT2D eigenvalue weighted by molar-refractivity contribution is 5.86. The third-order valence-electron chi connectivity index (χ3n) is 5.66. The standard InChI is InChI=1S/C28H19N3/c1-2-7-25-19-31-26(17-23(25)6-1)18-28(30-31)21-13-11-20(12-14-21)22-8-5-9-24(16-22)27-10-3-4-15-29-27/h1-19H. The lowest BCUT2D eigenvalue weighted by Crippen LogP contribution is -1.87. The zero-order chi connectivity index (χ0) is 20.6. The van der Waals surface area contributed by atoms with Crippen LogP contribution in [0.4, 0.5) is 0 Å². The van der Waals surface area contributed by atoms with Crippen molar-refractivity contribution in [3.8, 4) is 33.6 Å². The quantitative estimate of drug-likeness (QED) is 0.326. The average Bonchev–Trinajstić information content (AvgIpc) is 3.26. The highest BCUT2D eigenvalue weighted by Crippen LogP contribution is 2.28. The van der Waals surface area contributed by atoms with Crippen LogP contribution in [0.15, 0.2) is 116 Å². The summed E-state index contributed by atoms with van der Waals surface area (Å²) in [4.78, 5) is 4.47. The van der Waals surface area contributed by atoms with Crippen LogP contribution in [0.25, 0.3) is 49.9 Å². The fourth-order valence-corrected chi connectivity index (χ4v) is 4.04. The Labute approximate surface area is 180 Å². The molecule has 0 unspecified atom stereocenters. The molecule has 0 saturated carbocycles. The molecule has 0 saturated heterocycles. The van der Waals surface area contributed by atoms with Crippen LogP contribution in [-0.4, -0.2) is 14.6 Å². The maximum absolute atomic E-state index is 4.80. The molecule has 3 nitrogen and oxygen atoms in total. The number of benzene rings is 3. The van der Waals surface area contributed by atoms with Gasteiger partial charge in [0.2, 0.25) is 0 Å². The minimum atomic E-state index is 0.976. The zero-order valence-electron chi connectivity index (χ0n) is 16.8. The number of aromatic nitrogens is 3. The Hall–Kier alpha value is -4.24. The van der Waals surface area contributed by atoms with Crippen molar-refractivity contribution >= 4 is 16.3 Å². The number of hydrogen-bond donors (Lipinski definition) is 0. The predicted molar refractivity (Wildman–Crippen MR) is 127 cm³/mol. The van der Waals surface area contributed by atoms with Gasteiger partial charge in [-0.05, 0) is 46.8 Å². The number of hydrogen-bond acceptors (Lipinski definition) is 2. The van der Waals surface area contributed by atoms with E-state index in [0.717, 1.165) is 28.0 Å². The molecule has 0 bridgehead atoms. The number of pyridine rings is 2. The average molecular weight is 397 g/mol. The van der Waals surface area contributed by atoms with Crippen LogP contribution >= 0.6 is 0 Å². The minimum absolute atomic E-state index is 0.976. The Morgan fingerprint density at radius 2 is 1.29 bits per heavy atom. The van der Waals surface area contributed by atoms with Crippen LogP contribution in [-0.2, 0) is 0 Å². The van der Waals surface area contributed by atoms with E-state index in [2.05, 4.69) is 96.1 Å². The third-order valence-corrected chi connectivity index (χ3v) is 5.66. The molecule has 0 fully saturated rings. The third kappa shape index (κ3) is 3.26. The summed E-state index contributed by atoms with van der Waals surface area (Å²) in [6.45, 7) is 0. The molecular weight excluding hydrogens is 378 g/mol. The van der Waals surface area contributed by atoms with E-state index < -0.39 is 0 Å². The van der Waals surface area contributed by atoms with Crippen molar-refractivity contribution in [2.75, 3.05) is 0 Å². The van der Waals surface area contributed by atoms with E-state index in [1.165, 1.54) is 21.9 Å². The van der Waals surface area contributed by atoms with E-state index in [4.69, 9.17) is 5.10 Å². The highest BCUT2D eigenvalue weighted by atomic mass is 15.2. The zero-order valence-corrected chi connectivity index (χ0v) is 16.8. The van der Waals surface area contributed by atoms with Crippen molar-refractivity contribution in [3.63, 3.8) is 0 Å². The van der Waals surface area contributed by atoms with Gasteiger partial charge in [0, 0.05) is 28.9 Å². The second-order valence-corrected chi connectivity index (χ2v) is 7.67.